The number of methoxy groups -OCH3 is 1. The standard InChI is InChI=1S/C13H14N4O/c1-18-11-7-10(16-13(14)17-11)9-5-4-8-3-2-6-15-12(8)9/h2-3,6-7,9H,4-5H2,1H3,(H2,14,16,17). The Morgan fingerprint density at radius 3 is 3.11 bits per heavy atom. The highest BCUT2D eigenvalue weighted by Crippen LogP contribution is 2.36. The zero-order chi connectivity index (χ0) is 12.5. The van der Waals surface area contributed by atoms with Crippen molar-refractivity contribution in [2.24, 2.45) is 0 Å². The van der Waals surface area contributed by atoms with Crippen molar-refractivity contribution in [3.8, 4) is 5.88 Å². The van der Waals surface area contributed by atoms with Crippen LogP contribution in [0.15, 0.2) is 24.4 Å². The van der Waals surface area contributed by atoms with Gasteiger partial charge in [-0.15, -0.1) is 0 Å². The van der Waals surface area contributed by atoms with Gasteiger partial charge in [-0.3, -0.25) is 4.98 Å². The molecule has 0 radical (unpaired) electrons. The van der Waals surface area contributed by atoms with Crippen molar-refractivity contribution in [3.63, 3.8) is 0 Å². The van der Waals surface area contributed by atoms with Crippen molar-refractivity contribution >= 4 is 5.95 Å². The first-order valence-corrected chi connectivity index (χ1v) is 5.90. The zero-order valence-electron chi connectivity index (χ0n) is 10.1. The molecular formula is C13H14N4O. The minimum atomic E-state index is 0.195. The monoisotopic (exact) mass is 242 g/mol. The van der Waals surface area contributed by atoms with Crippen LogP contribution in [0.3, 0.4) is 0 Å². The lowest BCUT2D eigenvalue weighted by atomic mass is 10.0. The second-order valence-corrected chi connectivity index (χ2v) is 4.33. The number of nitrogen functional groups attached to an aromatic ring is 1. The summed E-state index contributed by atoms with van der Waals surface area (Å²) in [6.45, 7) is 0. The first-order chi connectivity index (χ1) is 8.78. The van der Waals surface area contributed by atoms with Gasteiger partial charge in [0, 0.05) is 18.2 Å². The van der Waals surface area contributed by atoms with E-state index in [0.29, 0.717) is 5.88 Å². The van der Waals surface area contributed by atoms with E-state index < -0.39 is 0 Å². The molecule has 1 unspecified atom stereocenters. The highest BCUT2D eigenvalue weighted by Gasteiger charge is 2.27. The van der Waals surface area contributed by atoms with Crippen LogP contribution in [0.25, 0.3) is 0 Å². The fourth-order valence-corrected chi connectivity index (χ4v) is 2.44. The van der Waals surface area contributed by atoms with Gasteiger partial charge in [-0.05, 0) is 24.5 Å². The summed E-state index contributed by atoms with van der Waals surface area (Å²) in [4.78, 5) is 12.8. The van der Waals surface area contributed by atoms with Crippen LogP contribution in [0.2, 0.25) is 0 Å². The minimum absolute atomic E-state index is 0.195. The number of pyridine rings is 1. The molecule has 18 heavy (non-hydrogen) atoms. The molecule has 0 amide bonds. The lowest BCUT2D eigenvalue weighted by Gasteiger charge is -2.11. The average Bonchev–Trinajstić information content (AvgIpc) is 2.81. The second-order valence-electron chi connectivity index (χ2n) is 4.33. The maximum atomic E-state index is 5.70. The molecule has 0 aliphatic heterocycles. The fraction of sp³-hybridized carbons (Fsp3) is 0.308. The molecule has 0 bridgehead atoms. The molecule has 5 heteroatoms. The lowest BCUT2D eigenvalue weighted by Crippen LogP contribution is -2.06. The van der Waals surface area contributed by atoms with Gasteiger partial charge in [0.1, 0.15) is 0 Å². The Hall–Kier alpha value is -2.17. The molecule has 2 aromatic rings. The molecule has 2 heterocycles. The highest BCUT2D eigenvalue weighted by molar-refractivity contribution is 5.38. The van der Waals surface area contributed by atoms with Gasteiger partial charge in [0.05, 0.1) is 18.5 Å². The van der Waals surface area contributed by atoms with Gasteiger partial charge in [-0.2, -0.15) is 4.98 Å². The van der Waals surface area contributed by atoms with E-state index in [1.807, 2.05) is 18.3 Å². The lowest BCUT2D eigenvalue weighted by molar-refractivity contribution is 0.396. The molecule has 0 fully saturated rings. The summed E-state index contributed by atoms with van der Waals surface area (Å²) in [5.41, 5.74) is 8.97. The van der Waals surface area contributed by atoms with Crippen molar-refractivity contribution in [1.82, 2.24) is 15.0 Å². The smallest absolute Gasteiger partial charge is 0.223 e. The summed E-state index contributed by atoms with van der Waals surface area (Å²) in [6, 6.07) is 5.92. The molecular weight excluding hydrogens is 228 g/mol. The third-order valence-electron chi connectivity index (χ3n) is 3.26. The van der Waals surface area contributed by atoms with E-state index in [1.165, 1.54) is 5.56 Å². The predicted octanol–water partition coefficient (Wildman–Crippen LogP) is 1.54. The molecule has 2 N–H and O–H groups in total. The largest absolute Gasteiger partial charge is 0.481 e. The SMILES string of the molecule is COc1cc(C2CCc3cccnc32)nc(N)n1. The van der Waals surface area contributed by atoms with Gasteiger partial charge in [-0.1, -0.05) is 6.07 Å². The number of aryl methyl sites for hydroxylation is 1. The van der Waals surface area contributed by atoms with E-state index in [1.54, 1.807) is 7.11 Å². The molecule has 1 aliphatic carbocycles. The Balaban J connectivity index is 2.04. The number of hydrogen-bond acceptors (Lipinski definition) is 5. The van der Waals surface area contributed by atoms with Gasteiger partial charge in [0.25, 0.3) is 0 Å². The Morgan fingerprint density at radius 1 is 1.39 bits per heavy atom. The summed E-state index contributed by atoms with van der Waals surface area (Å²) in [5, 5.41) is 0. The van der Waals surface area contributed by atoms with Gasteiger partial charge >= 0.3 is 0 Å². The molecule has 1 atom stereocenters. The van der Waals surface area contributed by atoms with Crippen molar-refractivity contribution < 1.29 is 4.74 Å². The van der Waals surface area contributed by atoms with Gasteiger partial charge < -0.3 is 10.5 Å². The Bertz CT molecular complexity index is 585. The normalized spacial score (nSPS) is 17.5. The molecule has 92 valence electrons. The highest BCUT2D eigenvalue weighted by atomic mass is 16.5. The van der Waals surface area contributed by atoms with E-state index in [4.69, 9.17) is 10.5 Å². The van der Waals surface area contributed by atoms with Crippen molar-refractivity contribution in [3.05, 3.63) is 41.3 Å². The number of rotatable bonds is 2. The van der Waals surface area contributed by atoms with Crippen LogP contribution in [0.1, 0.15) is 29.3 Å². The van der Waals surface area contributed by atoms with Crippen LogP contribution in [-0.2, 0) is 6.42 Å². The van der Waals surface area contributed by atoms with Crippen molar-refractivity contribution in [1.29, 1.82) is 0 Å². The van der Waals surface area contributed by atoms with E-state index in [9.17, 15) is 0 Å². The third-order valence-corrected chi connectivity index (χ3v) is 3.26. The summed E-state index contributed by atoms with van der Waals surface area (Å²) in [5.74, 6) is 0.941. The van der Waals surface area contributed by atoms with E-state index in [2.05, 4.69) is 21.0 Å². The molecule has 2 aromatic heterocycles. The van der Waals surface area contributed by atoms with Crippen molar-refractivity contribution in [2.45, 2.75) is 18.8 Å². The van der Waals surface area contributed by atoms with Gasteiger partial charge in [0.15, 0.2) is 0 Å². The van der Waals surface area contributed by atoms with Crippen LogP contribution >= 0.6 is 0 Å². The Labute approximate surface area is 105 Å². The Morgan fingerprint density at radius 2 is 2.28 bits per heavy atom. The molecule has 3 rings (SSSR count). The first-order valence-electron chi connectivity index (χ1n) is 5.90. The molecule has 0 spiro atoms. The van der Waals surface area contributed by atoms with Crippen LogP contribution in [0, 0.1) is 0 Å². The van der Waals surface area contributed by atoms with Gasteiger partial charge in [-0.25, -0.2) is 4.98 Å². The first kappa shape index (κ1) is 11.0. The Kier molecular flexibility index (Phi) is 2.59. The van der Waals surface area contributed by atoms with Crippen LogP contribution in [0.5, 0.6) is 5.88 Å². The minimum Gasteiger partial charge on any atom is -0.481 e. The maximum Gasteiger partial charge on any atom is 0.223 e. The zero-order valence-corrected chi connectivity index (χ0v) is 10.1. The van der Waals surface area contributed by atoms with Crippen molar-refractivity contribution in [2.75, 3.05) is 12.8 Å². The number of nitrogens with zero attached hydrogens (tertiary/aromatic N) is 3. The fourth-order valence-electron chi connectivity index (χ4n) is 2.44. The van der Waals surface area contributed by atoms with Crippen LogP contribution < -0.4 is 10.5 Å². The summed E-state index contributed by atoms with van der Waals surface area (Å²) >= 11 is 0. The summed E-state index contributed by atoms with van der Waals surface area (Å²) in [7, 11) is 1.58. The summed E-state index contributed by atoms with van der Waals surface area (Å²) in [6.07, 6.45) is 3.85. The molecule has 0 saturated carbocycles. The second kappa shape index (κ2) is 4.25. The molecule has 5 nitrogen and oxygen atoms in total. The number of ether oxygens (including phenoxy) is 1. The summed E-state index contributed by atoms with van der Waals surface area (Å²) < 4.78 is 5.13. The van der Waals surface area contributed by atoms with Gasteiger partial charge in [0.2, 0.25) is 11.8 Å². The van der Waals surface area contributed by atoms with E-state index in [-0.39, 0.29) is 11.9 Å². The quantitative estimate of drug-likeness (QED) is 0.864. The third kappa shape index (κ3) is 1.77. The topological polar surface area (TPSA) is 73.9 Å². The van der Waals surface area contributed by atoms with Crippen LogP contribution in [-0.4, -0.2) is 22.1 Å². The molecule has 0 saturated heterocycles. The predicted molar refractivity (Wildman–Crippen MR) is 67.4 cm³/mol. The molecule has 0 aromatic carbocycles. The number of hydrogen-bond donors (Lipinski definition) is 1. The number of aromatic nitrogens is 3. The van der Waals surface area contributed by atoms with E-state index in [0.717, 1.165) is 24.2 Å². The maximum absolute atomic E-state index is 5.70. The van der Waals surface area contributed by atoms with E-state index >= 15 is 0 Å². The number of nitrogens with two attached hydrogens (primary N) is 1. The van der Waals surface area contributed by atoms with Crippen LogP contribution in [0.4, 0.5) is 5.95 Å². The average molecular weight is 242 g/mol. The number of anilines is 1. The molecule has 1 aliphatic rings. The number of fused-ring (bicyclic) bond motifs is 1.